The van der Waals surface area contributed by atoms with E-state index in [0.29, 0.717) is 16.4 Å². The molecule has 0 aliphatic rings. The van der Waals surface area contributed by atoms with Crippen LogP contribution in [0.3, 0.4) is 0 Å². The molecule has 0 bridgehead atoms. The fourth-order valence-corrected chi connectivity index (χ4v) is 2.58. The predicted molar refractivity (Wildman–Crippen MR) is 93.6 cm³/mol. The number of aryl methyl sites for hydroxylation is 1. The van der Waals surface area contributed by atoms with Crippen LogP contribution in [0.4, 0.5) is 10.5 Å². The Labute approximate surface area is 144 Å². The largest absolute Gasteiger partial charge is 0.444 e. The van der Waals surface area contributed by atoms with E-state index >= 15 is 0 Å². The van der Waals surface area contributed by atoms with Crippen molar-refractivity contribution in [3.63, 3.8) is 0 Å². The molecule has 0 aliphatic carbocycles. The Balaban J connectivity index is 1.70. The van der Waals surface area contributed by atoms with Crippen molar-refractivity contribution in [3.05, 3.63) is 77.1 Å². The number of carbonyl (C=O) groups excluding carboxylic acids is 1. The first-order chi connectivity index (χ1) is 11.6. The van der Waals surface area contributed by atoms with Crippen LogP contribution in [0.15, 0.2) is 60.7 Å². The maximum absolute atomic E-state index is 11.9. The van der Waals surface area contributed by atoms with Crippen LogP contribution < -0.4 is 5.32 Å². The van der Waals surface area contributed by atoms with Gasteiger partial charge in [-0.05, 0) is 31.2 Å². The smallest absolute Gasteiger partial charge is 0.411 e. The zero-order valence-corrected chi connectivity index (χ0v) is 13.8. The molecular weight excluding hydrogens is 326 g/mol. The molecule has 0 spiro atoms. The van der Waals surface area contributed by atoms with Crippen LogP contribution in [0.2, 0.25) is 5.15 Å². The quantitative estimate of drug-likeness (QED) is 0.755. The SMILES string of the molecule is Cc1nn(-c2ccccc2)c(Cl)c1COC(=O)Nc1ccccc1. The molecule has 5 nitrogen and oxygen atoms in total. The van der Waals surface area contributed by atoms with Crippen LogP contribution in [0.5, 0.6) is 0 Å². The zero-order valence-electron chi connectivity index (χ0n) is 13.1. The summed E-state index contributed by atoms with van der Waals surface area (Å²) in [4.78, 5) is 11.9. The molecule has 0 saturated carbocycles. The summed E-state index contributed by atoms with van der Waals surface area (Å²) in [5, 5.41) is 7.51. The van der Waals surface area contributed by atoms with Gasteiger partial charge in [0.05, 0.1) is 11.4 Å². The Bertz CT molecular complexity index is 832. The standard InChI is InChI=1S/C18H16ClN3O2/c1-13-16(12-24-18(23)20-14-8-4-2-5-9-14)17(19)22(21-13)15-10-6-3-7-11-15/h2-11H,12H2,1H3,(H,20,23). The Hall–Kier alpha value is -2.79. The number of halogens is 1. The Kier molecular flexibility index (Phi) is 4.82. The summed E-state index contributed by atoms with van der Waals surface area (Å²) in [6.07, 6.45) is -0.538. The highest BCUT2D eigenvalue weighted by atomic mass is 35.5. The fraction of sp³-hybridized carbons (Fsp3) is 0.111. The van der Waals surface area contributed by atoms with Gasteiger partial charge in [-0.15, -0.1) is 0 Å². The number of benzene rings is 2. The molecule has 0 fully saturated rings. The second kappa shape index (κ2) is 7.19. The van der Waals surface area contributed by atoms with Gasteiger partial charge in [0, 0.05) is 11.3 Å². The number of para-hydroxylation sites is 2. The van der Waals surface area contributed by atoms with E-state index in [4.69, 9.17) is 16.3 Å². The van der Waals surface area contributed by atoms with E-state index in [9.17, 15) is 4.79 Å². The van der Waals surface area contributed by atoms with Gasteiger partial charge in [0.2, 0.25) is 0 Å². The maximum atomic E-state index is 11.9. The van der Waals surface area contributed by atoms with Crippen LogP contribution in [0.1, 0.15) is 11.3 Å². The van der Waals surface area contributed by atoms with Crippen molar-refractivity contribution in [2.24, 2.45) is 0 Å². The molecule has 6 heteroatoms. The number of rotatable bonds is 4. The van der Waals surface area contributed by atoms with Gasteiger partial charge in [-0.25, -0.2) is 9.48 Å². The van der Waals surface area contributed by atoms with Gasteiger partial charge in [-0.1, -0.05) is 48.0 Å². The van der Waals surface area contributed by atoms with Gasteiger partial charge < -0.3 is 4.74 Å². The van der Waals surface area contributed by atoms with Crippen molar-refractivity contribution in [3.8, 4) is 5.69 Å². The summed E-state index contributed by atoms with van der Waals surface area (Å²) >= 11 is 6.40. The number of nitrogens with zero attached hydrogens (tertiary/aromatic N) is 2. The van der Waals surface area contributed by atoms with Crippen molar-refractivity contribution in [1.82, 2.24) is 9.78 Å². The molecule has 0 aliphatic heterocycles. The average molecular weight is 342 g/mol. The molecule has 1 N–H and O–H groups in total. The van der Waals surface area contributed by atoms with Gasteiger partial charge in [-0.2, -0.15) is 5.10 Å². The molecule has 122 valence electrons. The molecule has 3 aromatic rings. The first-order valence-corrected chi connectivity index (χ1v) is 7.81. The molecule has 0 saturated heterocycles. The lowest BCUT2D eigenvalue weighted by Crippen LogP contribution is -2.13. The second-order valence-corrected chi connectivity index (χ2v) is 5.53. The molecule has 0 atom stereocenters. The number of aromatic nitrogens is 2. The summed E-state index contributed by atoms with van der Waals surface area (Å²) in [5.41, 5.74) is 2.93. The van der Waals surface area contributed by atoms with Crippen LogP contribution in [-0.4, -0.2) is 15.9 Å². The Morgan fingerprint density at radius 3 is 2.42 bits per heavy atom. The number of hydrogen-bond donors (Lipinski definition) is 1. The van der Waals surface area contributed by atoms with Crippen molar-refractivity contribution < 1.29 is 9.53 Å². The summed E-state index contributed by atoms with van der Waals surface area (Å²) in [6.45, 7) is 1.88. The minimum absolute atomic E-state index is 0.0518. The van der Waals surface area contributed by atoms with Gasteiger partial charge in [0.25, 0.3) is 0 Å². The van der Waals surface area contributed by atoms with Crippen LogP contribution >= 0.6 is 11.6 Å². The third kappa shape index (κ3) is 3.58. The Morgan fingerprint density at radius 1 is 1.12 bits per heavy atom. The summed E-state index contributed by atoms with van der Waals surface area (Å²) < 4.78 is 6.88. The van der Waals surface area contributed by atoms with Crippen molar-refractivity contribution in [2.75, 3.05) is 5.32 Å². The molecule has 1 heterocycles. The van der Waals surface area contributed by atoms with Gasteiger partial charge in [-0.3, -0.25) is 5.32 Å². The lowest BCUT2D eigenvalue weighted by Gasteiger charge is -2.07. The summed E-state index contributed by atoms with van der Waals surface area (Å²) in [5.74, 6) is 0. The van der Waals surface area contributed by atoms with Gasteiger partial charge >= 0.3 is 6.09 Å². The molecule has 24 heavy (non-hydrogen) atoms. The highest BCUT2D eigenvalue weighted by molar-refractivity contribution is 6.30. The van der Waals surface area contributed by atoms with Gasteiger partial charge in [0.15, 0.2) is 0 Å². The van der Waals surface area contributed by atoms with Gasteiger partial charge in [0.1, 0.15) is 11.8 Å². The fourth-order valence-electron chi connectivity index (χ4n) is 2.25. The summed E-state index contributed by atoms with van der Waals surface area (Å²) in [7, 11) is 0. The second-order valence-electron chi connectivity index (χ2n) is 5.17. The maximum Gasteiger partial charge on any atom is 0.411 e. The number of amides is 1. The summed E-state index contributed by atoms with van der Waals surface area (Å²) in [6, 6.07) is 18.7. The van der Waals surface area contributed by atoms with E-state index < -0.39 is 6.09 Å². The lowest BCUT2D eigenvalue weighted by atomic mass is 10.3. The van der Waals surface area contributed by atoms with Crippen molar-refractivity contribution >= 4 is 23.4 Å². The van der Waals surface area contributed by atoms with Crippen LogP contribution in [-0.2, 0) is 11.3 Å². The molecule has 2 aromatic carbocycles. The Morgan fingerprint density at radius 2 is 1.75 bits per heavy atom. The number of ether oxygens (including phenoxy) is 1. The zero-order chi connectivity index (χ0) is 16.9. The third-order valence-corrected chi connectivity index (χ3v) is 3.88. The highest BCUT2D eigenvalue weighted by Crippen LogP contribution is 2.24. The minimum Gasteiger partial charge on any atom is -0.444 e. The highest BCUT2D eigenvalue weighted by Gasteiger charge is 2.16. The van der Waals surface area contributed by atoms with E-state index in [1.54, 1.807) is 16.8 Å². The van der Waals surface area contributed by atoms with E-state index in [1.165, 1.54) is 0 Å². The van der Waals surface area contributed by atoms with Crippen molar-refractivity contribution in [1.29, 1.82) is 0 Å². The van der Waals surface area contributed by atoms with E-state index in [-0.39, 0.29) is 6.61 Å². The van der Waals surface area contributed by atoms with E-state index in [1.807, 2.05) is 55.5 Å². The monoisotopic (exact) mass is 341 g/mol. The third-order valence-electron chi connectivity index (χ3n) is 3.49. The molecule has 0 unspecified atom stereocenters. The van der Waals surface area contributed by atoms with E-state index in [2.05, 4.69) is 10.4 Å². The first-order valence-electron chi connectivity index (χ1n) is 7.43. The number of carbonyl (C=O) groups is 1. The van der Waals surface area contributed by atoms with E-state index in [0.717, 1.165) is 11.4 Å². The van der Waals surface area contributed by atoms with Crippen molar-refractivity contribution in [2.45, 2.75) is 13.5 Å². The molecular formula is C18H16ClN3O2. The number of anilines is 1. The molecule has 1 amide bonds. The normalized spacial score (nSPS) is 10.4. The molecule has 3 rings (SSSR count). The van der Waals surface area contributed by atoms with Crippen LogP contribution in [0, 0.1) is 6.92 Å². The average Bonchev–Trinajstić information content (AvgIpc) is 2.89. The molecule has 1 aromatic heterocycles. The topological polar surface area (TPSA) is 56.2 Å². The molecule has 0 radical (unpaired) electrons. The number of hydrogen-bond acceptors (Lipinski definition) is 3. The predicted octanol–water partition coefficient (Wildman–Crippen LogP) is 4.58. The first kappa shape index (κ1) is 16.1. The number of nitrogens with one attached hydrogen (secondary N) is 1. The minimum atomic E-state index is -0.538. The van der Waals surface area contributed by atoms with Crippen LogP contribution in [0.25, 0.3) is 5.69 Å². The lowest BCUT2D eigenvalue weighted by molar-refractivity contribution is 0.155.